The number of hydrogen-bond donors (Lipinski definition) is 4. The average molecular weight is 493 g/mol. The second-order valence-electron chi connectivity index (χ2n) is 15.6. The van der Waals surface area contributed by atoms with Crippen molar-refractivity contribution in [2.24, 2.45) is 45.3 Å². The first kappa shape index (κ1) is 26.4. The van der Waals surface area contributed by atoms with Gasteiger partial charge in [-0.1, -0.05) is 34.6 Å². The van der Waals surface area contributed by atoms with Gasteiger partial charge in [-0.05, 0) is 117 Å². The second kappa shape index (κ2) is 7.68. The summed E-state index contributed by atoms with van der Waals surface area (Å²) in [7, 11) is 0. The van der Waals surface area contributed by atoms with E-state index in [0.29, 0.717) is 5.92 Å². The number of aliphatic hydroxyl groups is 4. The Hall–Kier alpha value is -0.200. The lowest BCUT2D eigenvalue weighted by Gasteiger charge is -2.71. The summed E-state index contributed by atoms with van der Waals surface area (Å²) in [6, 6.07) is 0. The third kappa shape index (κ3) is 3.36. The van der Waals surface area contributed by atoms with Crippen molar-refractivity contribution in [3.63, 3.8) is 0 Å². The largest absolute Gasteiger partial charge is 0.393 e. The summed E-state index contributed by atoms with van der Waals surface area (Å²) >= 11 is 0. The molecule has 202 valence electrons. The van der Waals surface area contributed by atoms with Crippen LogP contribution in [0.25, 0.3) is 0 Å². The highest BCUT2D eigenvalue weighted by atomic mass is 16.5. The molecule has 0 amide bonds. The molecule has 5 nitrogen and oxygen atoms in total. The van der Waals surface area contributed by atoms with E-state index in [-0.39, 0.29) is 51.1 Å². The van der Waals surface area contributed by atoms with Crippen molar-refractivity contribution >= 4 is 0 Å². The topological polar surface area (TPSA) is 90.2 Å². The van der Waals surface area contributed by atoms with Crippen molar-refractivity contribution < 1.29 is 25.2 Å². The van der Waals surface area contributed by atoms with Crippen LogP contribution in [0.15, 0.2) is 0 Å². The van der Waals surface area contributed by atoms with Gasteiger partial charge in [-0.15, -0.1) is 0 Å². The molecule has 35 heavy (non-hydrogen) atoms. The Kier molecular flexibility index (Phi) is 5.80. The van der Waals surface area contributed by atoms with Gasteiger partial charge in [0.2, 0.25) is 0 Å². The average Bonchev–Trinajstić information content (AvgIpc) is 3.30. The second-order valence-corrected chi connectivity index (χ2v) is 15.6. The van der Waals surface area contributed by atoms with Gasteiger partial charge in [0.1, 0.15) is 0 Å². The fourth-order valence-electron chi connectivity index (χ4n) is 11.3. The molecule has 4 N–H and O–H groups in total. The SMILES string of the molecule is CC(C)(O)[C@@H]1CC[C@@](C)([C@H]2CC[C@]3(C)[C@@H]2[C@H](O)C[C@@H]2[C@@]4(C)CC[C@H](O)C(C)(C)[C@H]4[C@@H](O)C[C@]23C)O1. The molecular weight excluding hydrogens is 440 g/mol. The van der Waals surface area contributed by atoms with Crippen LogP contribution in [0.4, 0.5) is 0 Å². The zero-order valence-corrected chi connectivity index (χ0v) is 23.5. The molecule has 5 rings (SSSR count). The molecule has 0 aromatic carbocycles. The maximum absolute atomic E-state index is 11.9. The Morgan fingerprint density at radius 2 is 1.46 bits per heavy atom. The zero-order chi connectivity index (χ0) is 26.0. The molecule has 0 bridgehead atoms. The normalized spacial score (nSPS) is 57.9. The smallest absolute Gasteiger partial charge is 0.0865 e. The molecule has 4 saturated carbocycles. The molecular formula is C30H52O5. The number of aliphatic hydroxyl groups excluding tert-OH is 3. The summed E-state index contributed by atoms with van der Waals surface area (Å²) in [5, 5.41) is 45.2. The third-order valence-electron chi connectivity index (χ3n) is 13.1. The van der Waals surface area contributed by atoms with Crippen molar-refractivity contribution in [3.8, 4) is 0 Å². The molecule has 5 heteroatoms. The van der Waals surface area contributed by atoms with Gasteiger partial charge in [0.25, 0.3) is 0 Å². The third-order valence-corrected chi connectivity index (χ3v) is 13.1. The molecule has 4 aliphatic carbocycles. The molecule has 12 atom stereocenters. The Morgan fingerprint density at radius 3 is 2.06 bits per heavy atom. The monoisotopic (exact) mass is 492 g/mol. The molecule has 0 aromatic rings. The van der Waals surface area contributed by atoms with Gasteiger partial charge in [0.05, 0.1) is 35.6 Å². The molecule has 1 saturated heterocycles. The standard InChI is InChI=1S/C30H52O5/c1-25(2)21(33)10-12-27(5)20-15-18(31)23-17(30(8)14-11-22(35-30)26(3,4)34)9-13-28(23,6)29(20,7)16-19(32)24(25)27/h17-24,31-34H,9-16H2,1-8H3/t17-,18+,19-,20+,21-,22-,23-,24+,27+,28+,29+,30-/m0/s1. The van der Waals surface area contributed by atoms with Crippen LogP contribution in [0.5, 0.6) is 0 Å². The molecule has 0 spiro atoms. The van der Waals surface area contributed by atoms with E-state index in [1.165, 1.54) is 0 Å². The van der Waals surface area contributed by atoms with E-state index in [1.807, 2.05) is 13.8 Å². The molecule has 0 radical (unpaired) electrons. The maximum atomic E-state index is 11.9. The van der Waals surface area contributed by atoms with Crippen LogP contribution in [0, 0.1) is 45.3 Å². The van der Waals surface area contributed by atoms with Crippen LogP contribution < -0.4 is 0 Å². The van der Waals surface area contributed by atoms with Crippen LogP contribution in [0.1, 0.15) is 107 Å². The summed E-state index contributed by atoms with van der Waals surface area (Å²) in [6.45, 7) is 17.3. The lowest BCUT2D eigenvalue weighted by Crippen LogP contribution is -2.69. The van der Waals surface area contributed by atoms with E-state index in [2.05, 4.69) is 41.5 Å². The Bertz CT molecular complexity index is 850. The van der Waals surface area contributed by atoms with Crippen molar-refractivity contribution in [1.29, 1.82) is 0 Å². The van der Waals surface area contributed by atoms with Gasteiger partial charge in [-0.25, -0.2) is 0 Å². The fraction of sp³-hybridized carbons (Fsp3) is 1.00. The number of ether oxygens (including phenoxy) is 1. The first-order valence-electron chi connectivity index (χ1n) is 14.4. The Balaban J connectivity index is 1.51. The highest BCUT2D eigenvalue weighted by Crippen LogP contribution is 2.76. The number of fused-ring (bicyclic) bond motifs is 5. The predicted molar refractivity (Wildman–Crippen MR) is 137 cm³/mol. The van der Waals surface area contributed by atoms with Crippen molar-refractivity contribution in [3.05, 3.63) is 0 Å². The van der Waals surface area contributed by atoms with E-state index >= 15 is 0 Å². The van der Waals surface area contributed by atoms with E-state index in [4.69, 9.17) is 4.74 Å². The van der Waals surface area contributed by atoms with Gasteiger partial charge in [-0.3, -0.25) is 0 Å². The summed E-state index contributed by atoms with van der Waals surface area (Å²) in [6.07, 6.45) is 5.61. The molecule has 5 aliphatic rings. The highest BCUT2D eigenvalue weighted by molar-refractivity contribution is 5.22. The minimum absolute atomic E-state index is 0.0320. The van der Waals surface area contributed by atoms with Crippen molar-refractivity contribution in [2.75, 3.05) is 0 Å². The lowest BCUT2D eigenvalue weighted by atomic mass is 9.34. The Morgan fingerprint density at radius 1 is 0.800 bits per heavy atom. The van der Waals surface area contributed by atoms with Gasteiger partial charge in [-0.2, -0.15) is 0 Å². The summed E-state index contributed by atoms with van der Waals surface area (Å²) in [5.41, 5.74) is -1.83. The van der Waals surface area contributed by atoms with Crippen LogP contribution in [-0.4, -0.2) is 56.0 Å². The van der Waals surface area contributed by atoms with Crippen LogP contribution >= 0.6 is 0 Å². The predicted octanol–water partition coefficient (Wildman–Crippen LogP) is 4.68. The number of rotatable bonds is 2. The maximum Gasteiger partial charge on any atom is 0.0865 e. The van der Waals surface area contributed by atoms with Crippen LogP contribution in [-0.2, 0) is 4.74 Å². The molecule has 1 aliphatic heterocycles. The lowest BCUT2D eigenvalue weighted by molar-refractivity contribution is -0.275. The van der Waals surface area contributed by atoms with Crippen molar-refractivity contribution in [2.45, 2.75) is 142 Å². The van der Waals surface area contributed by atoms with E-state index in [9.17, 15) is 20.4 Å². The Labute approximate surface area is 213 Å². The first-order chi connectivity index (χ1) is 15.9. The molecule has 0 aromatic heterocycles. The zero-order valence-electron chi connectivity index (χ0n) is 23.5. The van der Waals surface area contributed by atoms with Gasteiger partial charge < -0.3 is 25.2 Å². The summed E-state index contributed by atoms with van der Waals surface area (Å²) in [4.78, 5) is 0. The number of hydrogen-bond acceptors (Lipinski definition) is 5. The summed E-state index contributed by atoms with van der Waals surface area (Å²) < 4.78 is 6.64. The van der Waals surface area contributed by atoms with Gasteiger partial charge in [0.15, 0.2) is 0 Å². The molecule has 1 heterocycles. The fourth-order valence-corrected chi connectivity index (χ4v) is 11.3. The van der Waals surface area contributed by atoms with Crippen LogP contribution in [0.2, 0.25) is 0 Å². The minimum atomic E-state index is -0.864. The van der Waals surface area contributed by atoms with E-state index in [0.717, 1.165) is 51.4 Å². The minimum Gasteiger partial charge on any atom is -0.393 e. The molecule has 0 unspecified atom stereocenters. The van der Waals surface area contributed by atoms with Gasteiger partial charge in [0, 0.05) is 0 Å². The van der Waals surface area contributed by atoms with E-state index in [1.54, 1.807) is 0 Å². The van der Waals surface area contributed by atoms with Gasteiger partial charge >= 0.3 is 0 Å². The first-order valence-corrected chi connectivity index (χ1v) is 14.4. The van der Waals surface area contributed by atoms with Crippen molar-refractivity contribution in [1.82, 2.24) is 0 Å². The van der Waals surface area contributed by atoms with E-state index < -0.39 is 23.9 Å². The quantitative estimate of drug-likeness (QED) is 0.449. The highest BCUT2D eigenvalue weighted by Gasteiger charge is 2.73. The molecule has 5 fully saturated rings. The van der Waals surface area contributed by atoms with Crippen LogP contribution in [0.3, 0.4) is 0 Å². The summed E-state index contributed by atoms with van der Waals surface area (Å²) in [5.74, 6) is 0.722.